The van der Waals surface area contributed by atoms with Crippen LogP contribution in [-0.4, -0.2) is 4.92 Å². The van der Waals surface area contributed by atoms with Crippen molar-refractivity contribution in [2.75, 3.05) is 0 Å². The van der Waals surface area contributed by atoms with Gasteiger partial charge in [0.1, 0.15) is 0 Å². The van der Waals surface area contributed by atoms with Crippen LogP contribution >= 0.6 is 11.3 Å². The first kappa shape index (κ1) is 8.19. The second-order valence-electron chi connectivity index (χ2n) is 2.69. The minimum atomic E-state index is -0.389. The fraction of sp³-hybridized carbons (Fsp3) is 0. The van der Waals surface area contributed by atoms with E-state index >= 15 is 0 Å². The minimum absolute atomic E-state index is 0.130. The van der Waals surface area contributed by atoms with Crippen LogP contribution < -0.4 is 0 Å². The molecule has 0 bridgehead atoms. The fourth-order valence-corrected chi connectivity index (χ4v) is 2.04. The van der Waals surface area contributed by atoms with Crippen molar-refractivity contribution in [1.82, 2.24) is 0 Å². The fourth-order valence-electron chi connectivity index (χ4n) is 1.20. The highest BCUT2D eigenvalue weighted by molar-refractivity contribution is 7.19. The molecule has 1 aromatic heterocycles. The summed E-state index contributed by atoms with van der Waals surface area (Å²) >= 11 is 1.54. The van der Waals surface area contributed by atoms with Crippen LogP contribution in [0.3, 0.4) is 0 Å². The van der Waals surface area contributed by atoms with E-state index in [2.05, 4.69) is 6.92 Å². The molecular formula is C9H6NO2S. The molecule has 1 radical (unpaired) electrons. The van der Waals surface area contributed by atoms with E-state index in [4.69, 9.17) is 0 Å². The van der Waals surface area contributed by atoms with E-state index in [1.54, 1.807) is 12.1 Å². The Kier molecular flexibility index (Phi) is 1.77. The number of non-ortho nitro benzene ring substituents is 1. The number of hydrogen-bond donors (Lipinski definition) is 0. The van der Waals surface area contributed by atoms with Gasteiger partial charge in [0.25, 0.3) is 5.69 Å². The number of thiophene rings is 1. The van der Waals surface area contributed by atoms with Crippen molar-refractivity contribution in [2.45, 2.75) is 0 Å². The number of nitro benzene ring substituents is 1. The molecule has 1 aromatic carbocycles. The quantitative estimate of drug-likeness (QED) is 0.515. The molecule has 0 fully saturated rings. The molecule has 0 aliphatic rings. The van der Waals surface area contributed by atoms with E-state index in [1.807, 2.05) is 6.07 Å². The van der Waals surface area contributed by atoms with Gasteiger partial charge >= 0.3 is 0 Å². The summed E-state index contributed by atoms with van der Waals surface area (Å²) in [6, 6.07) is 6.69. The first-order chi connectivity index (χ1) is 6.16. The summed E-state index contributed by atoms with van der Waals surface area (Å²) < 4.78 is 1.04. The average molecular weight is 192 g/mol. The highest BCUT2D eigenvalue weighted by atomic mass is 32.1. The maximum atomic E-state index is 10.4. The van der Waals surface area contributed by atoms with Crippen LogP contribution in [0.4, 0.5) is 5.69 Å². The lowest BCUT2D eigenvalue weighted by Crippen LogP contribution is -1.85. The van der Waals surface area contributed by atoms with Gasteiger partial charge in [0.2, 0.25) is 0 Å². The molecule has 0 aliphatic heterocycles. The van der Waals surface area contributed by atoms with Crippen LogP contribution in [0.25, 0.3) is 10.1 Å². The molecule has 0 N–H and O–H groups in total. The molecule has 1 heterocycles. The molecule has 0 aliphatic carbocycles. The maximum absolute atomic E-state index is 10.4. The SMILES string of the molecule is [CH2]c1cc2cc([N+](=O)[O-])ccc2s1. The molecule has 65 valence electrons. The maximum Gasteiger partial charge on any atom is 0.270 e. The third-order valence-corrected chi connectivity index (χ3v) is 2.73. The zero-order valence-electron chi connectivity index (χ0n) is 6.69. The summed E-state index contributed by atoms with van der Waals surface area (Å²) in [4.78, 5) is 11.0. The van der Waals surface area contributed by atoms with Crippen molar-refractivity contribution in [1.29, 1.82) is 0 Å². The highest BCUT2D eigenvalue weighted by Crippen LogP contribution is 2.27. The Morgan fingerprint density at radius 1 is 1.38 bits per heavy atom. The Morgan fingerprint density at radius 2 is 2.15 bits per heavy atom. The second-order valence-corrected chi connectivity index (χ2v) is 3.86. The van der Waals surface area contributed by atoms with Crippen molar-refractivity contribution in [3.05, 3.63) is 46.2 Å². The van der Waals surface area contributed by atoms with E-state index in [-0.39, 0.29) is 10.6 Å². The Labute approximate surface area is 78.8 Å². The Bertz CT molecular complexity index is 475. The number of rotatable bonds is 1. The Morgan fingerprint density at radius 3 is 2.85 bits per heavy atom. The van der Waals surface area contributed by atoms with Crippen molar-refractivity contribution in [3.8, 4) is 0 Å². The van der Waals surface area contributed by atoms with Gasteiger partial charge in [0, 0.05) is 21.7 Å². The van der Waals surface area contributed by atoms with Crippen molar-refractivity contribution in [3.63, 3.8) is 0 Å². The molecule has 4 heteroatoms. The van der Waals surface area contributed by atoms with Crippen LogP contribution in [-0.2, 0) is 0 Å². The summed E-state index contributed by atoms with van der Waals surface area (Å²) in [6.07, 6.45) is 0. The molecule has 13 heavy (non-hydrogen) atoms. The lowest BCUT2D eigenvalue weighted by molar-refractivity contribution is -0.384. The molecule has 0 amide bonds. The first-order valence-electron chi connectivity index (χ1n) is 3.67. The van der Waals surface area contributed by atoms with Crippen molar-refractivity contribution >= 4 is 27.1 Å². The number of fused-ring (bicyclic) bond motifs is 1. The second kappa shape index (κ2) is 2.81. The van der Waals surface area contributed by atoms with E-state index < -0.39 is 0 Å². The zero-order chi connectivity index (χ0) is 9.42. The van der Waals surface area contributed by atoms with Gasteiger partial charge in [0.05, 0.1) is 4.92 Å². The van der Waals surface area contributed by atoms with Gasteiger partial charge in [-0.3, -0.25) is 10.1 Å². The summed E-state index contributed by atoms with van der Waals surface area (Å²) in [5.74, 6) is 0. The molecule has 0 saturated heterocycles. The van der Waals surface area contributed by atoms with Crippen molar-refractivity contribution in [2.24, 2.45) is 0 Å². The lowest BCUT2D eigenvalue weighted by Gasteiger charge is -1.90. The summed E-state index contributed by atoms with van der Waals surface area (Å²) in [6.45, 7) is 3.78. The normalized spacial score (nSPS) is 10.5. The van der Waals surface area contributed by atoms with Gasteiger partial charge in [-0.25, -0.2) is 0 Å². The van der Waals surface area contributed by atoms with Gasteiger partial charge in [0.15, 0.2) is 0 Å². The van der Waals surface area contributed by atoms with Gasteiger partial charge in [-0.2, -0.15) is 0 Å². The number of nitrogens with zero attached hydrogens (tertiary/aromatic N) is 1. The van der Waals surface area contributed by atoms with E-state index in [0.29, 0.717) is 0 Å². The largest absolute Gasteiger partial charge is 0.270 e. The van der Waals surface area contributed by atoms with E-state index in [9.17, 15) is 10.1 Å². The summed E-state index contributed by atoms with van der Waals surface area (Å²) in [5.41, 5.74) is 0.130. The third-order valence-electron chi connectivity index (χ3n) is 1.76. The molecule has 2 aromatic rings. The monoisotopic (exact) mass is 192 g/mol. The van der Waals surface area contributed by atoms with Gasteiger partial charge < -0.3 is 0 Å². The number of nitro groups is 1. The summed E-state index contributed by atoms with van der Waals surface area (Å²) in [5, 5.41) is 11.3. The molecule has 0 saturated carbocycles. The van der Waals surface area contributed by atoms with Crippen LogP contribution in [0, 0.1) is 17.0 Å². The van der Waals surface area contributed by atoms with Crippen LogP contribution in [0.2, 0.25) is 0 Å². The van der Waals surface area contributed by atoms with Gasteiger partial charge in [-0.15, -0.1) is 11.3 Å². The van der Waals surface area contributed by atoms with Crippen molar-refractivity contribution < 1.29 is 4.92 Å². The highest BCUT2D eigenvalue weighted by Gasteiger charge is 2.06. The average Bonchev–Trinajstić information content (AvgIpc) is 2.42. The van der Waals surface area contributed by atoms with Crippen LogP contribution in [0.5, 0.6) is 0 Å². The van der Waals surface area contributed by atoms with Crippen LogP contribution in [0.1, 0.15) is 4.88 Å². The minimum Gasteiger partial charge on any atom is -0.258 e. The molecular weight excluding hydrogens is 186 g/mol. The number of benzene rings is 1. The van der Waals surface area contributed by atoms with Gasteiger partial charge in [-0.1, -0.05) is 0 Å². The Hall–Kier alpha value is -1.42. The predicted octanol–water partition coefficient (Wildman–Crippen LogP) is 2.99. The lowest BCUT2D eigenvalue weighted by atomic mass is 10.2. The molecule has 0 unspecified atom stereocenters. The van der Waals surface area contributed by atoms with Crippen LogP contribution in [0.15, 0.2) is 24.3 Å². The number of hydrogen-bond acceptors (Lipinski definition) is 3. The third kappa shape index (κ3) is 1.40. The standard InChI is InChI=1S/C9H6NO2S/c1-6-4-7-5-8(10(11)12)2-3-9(7)13-6/h2-5H,1H2. The molecule has 2 rings (SSSR count). The molecule has 0 atom stereocenters. The Balaban J connectivity index is 2.67. The van der Waals surface area contributed by atoms with Gasteiger partial charge in [-0.05, 0) is 24.4 Å². The molecule has 0 spiro atoms. The predicted molar refractivity (Wildman–Crippen MR) is 52.9 cm³/mol. The smallest absolute Gasteiger partial charge is 0.258 e. The first-order valence-corrected chi connectivity index (χ1v) is 4.48. The van der Waals surface area contributed by atoms with E-state index in [1.165, 1.54) is 17.4 Å². The van der Waals surface area contributed by atoms with E-state index in [0.717, 1.165) is 15.0 Å². The summed E-state index contributed by atoms with van der Waals surface area (Å²) in [7, 11) is 0. The molecule has 3 nitrogen and oxygen atoms in total. The topological polar surface area (TPSA) is 43.1 Å². The zero-order valence-corrected chi connectivity index (χ0v) is 7.50.